The molecule has 0 spiro atoms. The minimum atomic E-state index is 0.285. The van der Waals surface area contributed by atoms with Crippen molar-refractivity contribution >= 4 is 0 Å². The maximum Gasteiger partial charge on any atom is 0.0911 e. The first-order valence-electron chi connectivity index (χ1n) is 8.84. The van der Waals surface area contributed by atoms with Crippen LogP contribution in [0, 0.1) is 23.2 Å². The average molecular weight is 314 g/mol. The average Bonchev–Trinajstić information content (AvgIpc) is 2.64. The summed E-state index contributed by atoms with van der Waals surface area (Å²) >= 11 is 0. The highest BCUT2D eigenvalue weighted by Crippen LogP contribution is 2.51. The normalized spacial score (nSPS) is 30.7. The van der Waals surface area contributed by atoms with Gasteiger partial charge in [0.15, 0.2) is 0 Å². The zero-order valence-corrected chi connectivity index (χ0v) is 13.7. The molecule has 2 aromatic carbocycles. The Morgan fingerprint density at radius 1 is 0.833 bits per heavy atom. The van der Waals surface area contributed by atoms with Gasteiger partial charge in [0.2, 0.25) is 0 Å². The summed E-state index contributed by atoms with van der Waals surface area (Å²) < 4.78 is 0. The second-order valence-corrected chi connectivity index (χ2v) is 6.86. The van der Waals surface area contributed by atoms with Gasteiger partial charge in [-0.15, -0.1) is 0 Å². The van der Waals surface area contributed by atoms with Crippen LogP contribution in [-0.4, -0.2) is 0 Å². The van der Waals surface area contributed by atoms with Crippen LogP contribution in [-0.2, 0) is 0 Å². The third-order valence-corrected chi connectivity index (χ3v) is 5.60. The molecule has 2 heteroatoms. The van der Waals surface area contributed by atoms with Gasteiger partial charge < -0.3 is 5.32 Å². The van der Waals surface area contributed by atoms with Gasteiger partial charge in [-0.3, -0.25) is 0 Å². The van der Waals surface area contributed by atoms with E-state index in [2.05, 4.69) is 72.0 Å². The van der Waals surface area contributed by atoms with Crippen molar-refractivity contribution in [1.82, 2.24) is 5.32 Å². The number of piperidine rings is 1. The van der Waals surface area contributed by atoms with Crippen LogP contribution in [0.2, 0.25) is 0 Å². The molecule has 120 valence electrons. The molecule has 2 aliphatic rings. The number of fused-ring (bicyclic) bond motifs is 2. The molecule has 0 radical (unpaired) electrons. The molecule has 0 aromatic heterocycles. The summed E-state index contributed by atoms with van der Waals surface area (Å²) in [6, 6.07) is 24.3. The molecule has 24 heavy (non-hydrogen) atoms. The van der Waals surface area contributed by atoms with Crippen LogP contribution >= 0.6 is 0 Å². The lowest BCUT2D eigenvalue weighted by molar-refractivity contribution is 0.177. The molecule has 1 aliphatic heterocycles. The van der Waals surface area contributed by atoms with Crippen LogP contribution in [0.5, 0.6) is 0 Å². The largest absolute Gasteiger partial charge is 0.302 e. The molecule has 2 nitrogen and oxygen atoms in total. The molecule has 0 amide bonds. The highest BCUT2D eigenvalue weighted by Gasteiger charge is 2.43. The molecule has 2 bridgehead atoms. The van der Waals surface area contributed by atoms with Crippen LogP contribution in [0.15, 0.2) is 72.3 Å². The Balaban J connectivity index is 1.79. The molecule has 1 heterocycles. The SMILES string of the molecule is N#CC=C1[C@H]2CCC[C@@H]1[C@H](c1ccccc1)N[C@@H]2c1ccccc1. The molecule has 1 aliphatic carbocycles. The lowest BCUT2D eigenvalue weighted by Gasteiger charge is -2.48. The van der Waals surface area contributed by atoms with Gasteiger partial charge in [-0.2, -0.15) is 5.26 Å². The van der Waals surface area contributed by atoms with Crippen molar-refractivity contribution in [3.63, 3.8) is 0 Å². The van der Waals surface area contributed by atoms with Crippen LogP contribution in [0.25, 0.3) is 0 Å². The smallest absolute Gasteiger partial charge is 0.0911 e. The summed E-state index contributed by atoms with van der Waals surface area (Å²) in [5.74, 6) is 0.872. The Morgan fingerprint density at radius 3 is 1.79 bits per heavy atom. The van der Waals surface area contributed by atoms with Crippen LogP contribution in [0.4, 0.5) is 0 Å². The lowest BCUT2D eigenvalue weighted by Crippen LogP contribution is -2.45. The minimum absolute atomic E-state index is 0.285. The first-order chi connectivity index (χ1) is 11.9. The third kappa shape index (κ3) is 2.66. The van der Waals surface area contributed by atoms with E-state index in [0.717, 1.165) is 12.8 Å². The van der Waals surface area contributed by atoms with E-state index in [4.69, 9.17) is 0 Å². The number of nitrogens with one attached hydrogen (secondary N) is 1. The summed E-state index contributed by atoms with van der Waals surface area (Å²) in [7, 11) is 0. The van der Waals surface area contributed by atoms with Crippen LogP contribution in [0.1, 0.15) is 42.5 Å². The molecule has 2 fully saturated rings. The van der Waals surface area contributed by atoms with Gasteiger partial charge in [-0.25, -0.2) is 0 Å². The standard InChI is InChI=1S/C22H22N2/c23-15-14-18-19-12-7-13-20(18)22(17-10-5-2-6-11-17)24-21(19)16-8-3-1-4-9-16/h1-6,8-11,14,19-22,24H,7,12-13H2/t19-,20+,21-,22+. The highest BCUT2D eigenvalue weighted by molar-refractivity contribution is 5.35. The van der Waals surface area contributed by atoms with Gasteiger partial charge >= 0.3 is 0 Å². The predicted molar refractivity (Wildman–Crippen MR) is 96.0 cm³/mol. The van der Waals surface area contributed by atoms with Gasteiger partial charge in [0.1, 0.15) is 0 Å². The highest BCUT2D eigenvalue weighted by atomic mass is 15.0. The molecule has 0 unspecified atom stereocenters. The van der Waals surface area contributed by atoms with E-state index in [-0.39, 0.29) is 12.1 Å². The number of allylic oxidation sites excluding steroid dienone is 1. The van der Waals surface area contributed by atoms with E-state index >= 15 is 0 Å². The quantitative estimate of drug-likeness (QED) is 0.797. The molecule has 4 rings (SSSR count). The zero-order chi connectivity index (χ0) is 16.4. The fourth-order valence-corrected chi connectivity index (χ4v) is 4.58. The number of hydrogen-bond acceptors (Lipinski definition) is 2. The Morgan fingerprint density at radius 2 is 1.33 bits per heavy atom. The topological polar surface area (TPSA) is 35.8 Å². The van der Waals surface area contributed by atoms with Crippen LogP contribution < -0.4 is 5.32 Å². The summed E-state index contributed by atoms with van der Waals surface area (Å²) in [6.07, 6.45) is 5.41. The molecule has 1 saturated heterocycles. The van der Waals surface area contributed by atoms with Crippen LogP contribution in [0.3, 0.4) is 0 Å². The molecule has 1 saturated carbocycles. The van der Waals surface area contributed by atoms with E-state index < -0.39 is 0 Å². The number of benzene rings is 2. The number of hydrogen-bond donors (Lipinski definition) is 1. The van der Waals surface area contributed by atoms with E-state index in [9.17, 15) is 5.26 Å². The number of nitrogens with zero attached hydrogens (tertiary/aromatic N) is 1. The molecule has 4 atom stereocenters. The molecule has 1 N–H and O–H groups in total. The van der Waals surface area contributed by atoms with Gasteiger partial charge in [0.25, 0.3) is 0 Å². The first-order valence-corrected chi connectivity index (χ1v) is 8.84. The molecular weight excluding hydrogens is 292 g/mol. The third-order valence-electron chi connectivity index (χ3n) is 5.60. The Hall–Kier alpha value is -2.37. The monoisotopic (exact) mass is 314 g/mol. The zero-order valence-electron chi connectivity index (χ0n) is 13.7. The van der Waals surface area contributed by atoms with Crippen molar-refractivity contribution in [2.24, 2.45) is 11.8 Å². The molecular formula is C22H22N2. The maximum absolute atomic E-state index is 9.34. The van der Waals surface area contributed by atoms with E-state index in [1.165, 1.54) is 23.1 Å². The van der Waals surface area contributed by atoms with Gasteiger partial charge in [0, 0.05) is 30.0 Å². The number of nitriles is 1. The van der Waals surface area contributed by atoms with Crippen molar-refractivity contribution in [3.05, 3.63) is 83.4 Å². The second kappa shape index (κ2) is 6.63. The minimum Gasteiger partial charge on any atom is -0.302 e. The first kappa shape index (κ1) is 15.2. The van der Waals surface area contributed by atoms with Gasteiger partial charge in [0.05, 0.1) is 6.07 Å². The fourth-order valence-electron chi connectivity index (χ4n) is 4.58. The second-order valence-electron chi connectivity index (χ2n) is 6.86. The van der Waals surface area contributed by atoms with E-state index in [1.54, 1.807) is 0 Å². The van der Waals surface area contributed by atoms with Crippen molar-refractivity contribution in [1.29, 1.82) is 5.26 Å². The Labute approximate surface area is 143 Å². The van der Waals surface area contributed by atoms with Crippen molar-refractivity contribution in [2.75, 3.05) is 0 Å². The lowest BCUT2D eigenvalue weighted by atomic mass is 9.65. The summed E-state index contributed by atoms with van der Waals surface area (Å²) in [6.45, 7) is 0. The predicted octanol–water partition coefficient (Wildman–Crippen LogP) is 4.94. The maximum atomic E-state index is 9.34. The van der Waals surface area contributed by atoms with E-state index in [0.29, 0.717) is 11.8 Å². The summed E-state index contributed by atoms with van der Waals surface area (Å²) in [4.78, 5) is 0. The Kier molecular flexibility index (Phi) is 4.19. The van der Waals surface area contributed by atoms with Gasteiger partial charge in [-0.1, -0.05) is 67.1 Å². The summed E-state index contributed by atoms with van der Waals surface area (Å²) in [5, 5.41) is 13.3. The number of rotatable bonds is 2. The fraction of sp³-hybridized carbons (Fsp3) is 0.318. The summed E-state index contributed by atoms with van der Waals surface area (Å²) in [5.41, 5.74) is 4.01. The van der Waals surface area contributed by atoms with Crippen molar-refractivity contribution in [2.45, 2.75) is 31.3 Å². The Bertz CT molecular complexity index is 702. The molecule has 2 aromatic rings. The van der Waals surface area contributed by atoms with Crippen molar-refractivity contribution < 1.29 is 0 Å². The van der Waals surface area contributed by atoms with E-state index in [1.807, 2.05) is 6.08 Å². The van der Waals surface area contributed by atoms with Gasteiger partial charge in [-0.05, 0) is 29.5 Å². The van der Waals surface area contributed by atoms with Crippen molar-refractivity contribution in [3.8, 4) is 6.07 Å².